The molecule has 1 aromatic heterocycles. The van der Waals surface area contributed by atoms with Gasteiger partial charge in [-0.25, -0.2) is 4.99 Å². The highest BCUT2D eigenvalue weighted by atomic mass is 127. The zero-order valence-corrected chi connectivity index (χ0v) is 17.2. The van der Waals surface area contributed by atoms with Gasteiger partial charge in [-0.15, -0.1) is 34.2 Å². The lowest BCUT2D eigenvalue weighted by atomic mass is 9.83. The van der Waals surface area contributed by atoms with Crippen molar-refractivity contribution in [1.29, 1.82) is 0 Å². The van der Waals surface area contributed by atoms with E-state index in [0.717, 1.165) is 30.7 Å². The molecule has 1 fully saturated rings. The summed E-state index contributed by atoms with van der Waals surface area (Å²) < 4.78 is 1.98. The molecular weight excluding hydrogens is 403 g/mol. The third-order valence-corrected chi connectivity index (χ3v) is 4.95. The van der Waals surface area contributed by atoms with E-state index in [9.17, 15) is 0 Å². The predicted octanol–water partition coefficient (Wildman–Crippen LogP) is 2.77. The Morgan fingerprint density at radius 2 is 1.91 bits per heavy atom. The van der Waals surface area contributed by atoms with Gasteiger partial charge < -0.3 is 15.2 Å². The van der Waals surface area contributed by atoms with Gasteiger partial charge in [-0.1, -0.05) is 19.8 Å². The number of rotatable bonds is 6. The molecule has 2 N–H and O–H groups in total. The van der Waals surface area contributed by atoms with Crippen molar-refractivity contribution in [1.82, 2.24) is 25.4 Å². The molecule has 0 aliphatic heterocycles. The Balaban J connectivity index is 0.00000264. The van der Waals surface area contributed by atoms with Crippen LogP contribution >= 0.6 is 24.0 Å². The Kier molecular flexibility index (Phi) is 8.28. The average molecular weight is 434 g/mol. The fraction of sp³-hybridized carbons (Fsp3) is 0.812. The Morgan fingerprint density at radius 1 is 1.22 bits per heavy atom. The number of aromatic nitrogens is 3. The van der Waals surface area contributed by atoms with Crippen molar-refractivity contribution in [2.45, 2.75) is 59.4 Å². The van der Waals surface area contributed by atoms with Crippen LogP contribution in [0.1, 0.15) is 57.6 Å². The van der Waals surface area contributed by atoms with Crippen molar-refractivity contribution in [3.05, 3.63) is 11.6 Å². The van der Waals surface area contributed by atoms with E-state index >= 15 is 0 Å². The first kappa shape index (κ1) is 20.2. The standard InChI is InChI=1S/C16H30N6.HI/c1-5-16(9-7-8-10-16)12-19-15(17-6-2)18-11-14-21-20-13(3)22(14)4;/h5-12H2,1-4H3,(H2,17,18,19);1H. The van der Waals surface area contributed by atoms with Crippen LogP contribution in [0.4, 0.5) is 0 Å². The van der Waals surface area contributed by atoms with Gasteiger partial charge in [0.05, 0.1) is 0 Å². The van der Waals surface area contributed by atoms with Gasteiger partial charge in [0.15, 0.2) is 11.8 Å². The SMILES string of the molecule is CCNC(=NCc1nnc(C)n1C)NCC1(CC)CCCC1.I. The van der Waals surface area contributed by atoms with Crippen molar-refractivity contribution in [2.24, 2.45) is 17.5 Å². The molecule has 132 valence electrons. The molecule has 0 atom stereocenters. The first-order valence-corrected chi connectivity index (χ1v) is 8.47. The van der Waals surface area contributed by atoms with Gasteiger partial charge in [0, 0.05) is 20.1 Å². The molecule has 1 aromatic rings. The van der Waals surface area contributed by atoms with E-state index in [4.69, 9.17) is 0 Å². The topological polar surface area (TPSA) is 67.1 Å². The largest absolute Gasteiger partial charge is 0.357 e. The molecule has 0 bridgehead atoms. The molecule has 1 heterocycles. The summed E-state index contributed by atoms with van der Waals surface area (Å²) in [7, 11) is 1.98. The van der Waals surface area contributed by atoms with Crippen LogP contribution in [0.5, 0.6) is 0 Å². The predicted molar refractivity (Wildman–Crippen MR) is 105 cm³/mol. The van der Waals surface area contributed by atoms with Crippen LogP contribution in [0.2, 0.25) is 0 Å². The Labute approximate surface area is 157 Å². The van der Waals surface area contributed by atoms with Crippen molar-refractivity contribution in [3.63, 3.8) is 0 Å². The Hall–Kier alpha value is -0.860. The van der Waals surface area contributed by atoms with Crippen LogP contribution in [0.3, 0.4) is 0 Å². The van der Waals surface area contributed by atoms with Crippen molar-refractivity contribution < 1.29 is 0 Å². The minimum atomic E-state index is 0. The number of hydrogen-bond donors (Lipinski definition) is 2. The van der Waals surface area contributed by atoms with E-state index in [-0.39, 0.29) is 24.0 Å². The second kappa shape index (κ2) is 9.44. The van der Waals surface area contributed by atoms with Crippen molar-refractivity contribution in [2.75, 3.05) is 13.1 Å². The summed E-state index contributed by atoms with van der Waals surface area (Å²) >= 11 is 0. The molecule has 0 radical (unpaired) electrons. The van der Waals surface area contributed by atoms with Crippen LogP contribution in [0, 0.1) is 12.3 Å². The highest BCUT2D eigenvalue weighted by molar-refractivity contribution is 14.0. The number of aryl methyl sites for hydroxylation is 1. The number of guanidine groups is 1. The molecule has 0 saturated heterocycles. The second-order valence-corrected chi connectivity index (χ2v) is 6.33. The van der Waals surface area contributed by atoms with Gasteiger partial charge in [0.2, 0.25) is 0 Å². The quantitative estimate of drug-likeness (QED) is 0.411. The first-order chi connectivity index (χ1) is 10.6. The Bertz CT molecular complexity index is 505. The molecule has 1 aliphatic rings. The van der Waals surface area contributed by atoms with Crippen molar-refractivity contribution in [3.8, 4) is 0 Å². The summed E-state index contributed by atoms with van der Waals surface area (Å²) in [5.74, 6) is 2.68. The summed E-state index contributed by atoms with van der Waals surface area (Å²) in [6, 6.07) is 0. The molecule has 0 amide bonds. The van der Waals surface area contributed by atoms with Gasteiger partial charge in [0.25, 0.3) is 0 Å². The van der Waals surface area contributed by atoms with Crippen molar-refractivity contribution >= 4 is 29.9 Å². The summed E-state index contributed by atoms with van der Waals surface area (Å²) in [6.45, 7) is 8.77. The lowest BCUT2D eigenvalue weighted by Gasteiger charge is -2.28. The minimum absolute atomic E-state index is 0. The van der Waals surface area contributed by atoms with Gasteiger partial charge >= 0.3 is 0 Å². The first-order valence-electron chi connectivity index (χ1n) is 8.47. The maximum Gasteiger partial charge on any atom is 0.191 e. The highest BCUT2D eigenvalue weighted by Gasteiger charge is 2.31. The molecule has 23 heavy (non-hydrogen) atoms. The fourth-order valence-electron chi connectivity index (χ4n) is 3.13. The zero-order chi connectivity index (χ0) is 16.0. The normalized spacial score (nSPS) is 17.0. The molecule has 1 saturated carbocycles. The monoisotopic (exact) mass is 434 g/mol. The van der Waals surface area contributed by atoms with Crippen LogP contribution in [-0.2, 0) is 13.6 Å². The molecule has 6 nitrogen and oxygen atoms in total. The van der Waals surface area contributed by atoms with E-state index in [2.05, 4.69) is 39.7 Å². The number of hydrogen-bond acceptors (Lipinski definition) is 3. The Morgan fingerprint density at radius 3 is 2.43 bits per heavy atom. The maximum atomic E-state index is 4.66. The number of aliphatic imine (C=N–C) groups is 1. The number of nitrogens with one attached hydrogen (secondary N) is 2. The molecule has 2 rings (SSSR count). The lowest BCUT2D eigenvalue weighted by molar-refractivity contribution is 0.283. The highest BCUT2D eigenvalue weighted by Crippen LogP contribution is 2.40. The van der Waals surface area contributed by atoms with Gasteiger partial charge in [-0.05, 0) is 38.5 Å². The third-order valence-electron chi connectivity index (χ3n) is 4.95. The minimum Gasteiger partial charge on any atom is -0.357 e. The summed E-state index contributed by atoms with van der Waals surface area (Å²) in [5.41, 5.74) is 0.456. The van der Waals surface area contributed by atoms with Crippen LogP contribution in [0.15, 0.2) is 4.99 Å². The van der Waals surface area contributed by atoms with E-state index in [1.807, 2.05) is 18.5 Å². The number of nitrogens with zero attached hydrogens (tertiary/aromatic N) is 4. The van der Waals surface area contributed by atoms with E-state index < -0.39 is 0 Å². The average Bonchev–Trinajstić information content (AvgIpc) is 3.12. The molecule has 0 spiro atoms. The van der Waals surface area contributed by atoms with Gasteiger partial charge in [0.1, 0.15) is 12.4 Å². The fourth-order valence-corrected chi connectivity index (χ4v) is 3.13. The van der Waals surface area contributed by atoms with E-state index in [1.165, 1.54) is 32.1 Å². The van der Waals surface area contributed by atoms with Gasteiger partial charge in [-0.3, -0.25) is 0 Å². The summed E-state index contributed by atoms with van der Waals surface area (Å²) in [5, 5.41) is 15.1. The van der Waals surface area contributed by atoms with Gasteiger partial charge in [-0.2, -0.15) is 0 Å². The second-order valence-electron chi connectivity index (χ2n) is 6.33. The molecule has 7 heteroatoms. The lowest BCUT2D eigenvalue weighted by Crippen LogP contribution is -2.42. The number of halogens is 1. The maximum absolute atomic E-state index is 4.66. The van der Waals surface area contributed by atoms with Crippen LogP contribution in [0.25, 0.3) is 0 Å². The molecule has 0 unspecified atom stereocenters. The van der Waals surface area contributed by atoms with E-state index in [1.54, 1.807) is 0 Å². The van der Waals surface area contributed by atoms with E-state index in [0.29, 0.717) is 12.0 Å². The molecular formula is C16H31IN6. The zero-order valence-electron chi connectivity index (χ0n) is 14.9. The molecule has 1 aliphatic carbocycles. The summed E-state index contributed by atoms with van der Waals surface area (Å²) in [4.78, 5) is 4.66. The van der Waals surface area contributed by atoms with Crippen LogP contribution in [-0.4, -0.2) is 33.8 Å². The summed E-state index contributed by atoms with van der Waals surface area (Å²) in [6.07, 6.45) is 6.63. The third kappa shape index (κ3) is 5.32. The molecule has 0 aromatic carbocycles. The smallest absolute Gasteiger partial charge is 0.191 e. The van der Waals surface area contributed by atoms with Crippen LogP contribution < -0.4 is 10.6 Å².